The van der Waals surface area contributed by atoms with Gasteiger partial charge in [-0.3, -0.25) is 0 Å². The molecule has 0 aliphatic rings. The third-order valence-electron chi connectivity index (χ3n) is 2.59. The second kappa shape index (κ2) is 26.8. The third kappa shape index (κ3) is 24.2. The number of ether oxygens (including phenoxy) is 2. The molecule has 6 heteroatoms. The molecule has 0 saturated carbocycles. The third-order valence-corrected chi connectivity index (χ3v) is 2.59. The maximum absolute atomic E-state index is 11.6. The molecule has 0 unspecified atom stereocenters. The quantitative estimate of drug-likeness (QED) is 0.295. The number of carbonyl (C=O) groups excluding carboxylic acids is 2. The van der Waals surface area contributed by atoms with Crippen LogP contribution >= 0.6 is 13.5 Å². The predicted molar refractivity (Wildman–Crippen MR) is 197 cm³/mol. The topological polar surface area (TPSA) is 72.8 Å². The first-order valence-electron chi connectivity index (χ1n) is 9.51. The van der Waals surface area contributed by atoms with E-state index in [9.17, 15) is 14.7 Å². The van der Waals surface area contributed by atoms with Crippen LogP contribution in [0.15, 0.2) is 0 Å². The molecule has 0 aromatic rings. The van der Waals surface area contributed by atoms with Crippen LogP contribution in [0.1, 0.15) is 41.2 Å². The van der Waals surface area contributed by atoms with E-state index in [4.69, 9.17) is 15.9 Å². The zero-order chi connectivity index (χ0) is 27.2. The molecule has 224 valence electrons. The highest BCUT2D eigenvalue weighted by molar-refractivity contribution is 7.59. The van der Waals surface area contributed by atoms with E-state index in [1.165, 1.54) is 0 Å². The number of terminal acetylenes is 1. The molecule has 5 nitrogen and oxygen atoms in total. The van der Waals surface area contributed by atoms with Crippen molar-refractivity contribution in [2.75, 3.05) is 13.2 Å². The molecule has 38 heavy (non-hydrogen) atoms. The lowest BCUT2D eigenvalue weighted by molar-refractivity contribution is -0.153. The molecule has 0 spiro atoms. The van der Waals surface area contributed by atoms with Crippen molar-refractivity contribution in [1.29, 1.82) is 0 Å². The lowest BCUT2D eigenvalue weighted by Gasteiger charge is -2.12. The highest BCUT2D eigenvalue weighted by Gasteiger charge is 2.14. The molecule has 0 amide bonds. The smallest absolute Gasteiger partial charge is 0.385 e. The Kier molecular flexibility index (Phi) is 23.8. The van der Waals surface area contributed by atoms with Gasteiger partial charge in [-0.15, -0.1) is 6.42 Å². The molecule has 0 aliphatic carbocycles. The molecule has 0 heterocycles. The Hall–Kier alpha value is -6.47. The maximum atomic E-state index is 11.6. The fourth-order valence-corrected chi connectivity index (χ4v) is 1.30. The highest BCUT2D eigenvalue weighted by Crippen LogP contribution is 1.94. The monoisotopic (exact) mass is 556 g/mol. The van der Waals surface area contributed by atoms with Crippen molar-refractivity contribution in [2.24, 2.45) is 0 Å². The lowest BCUT2D eigenvalue weighted by atomic mass is 10.4. The Bertz CT molecular complexity index is 1780. The van der Waals surface area contributed by atoms with E-state index in [0.29, 0.717) is 0 Å². The van der Waals surface area contributed by atoms with Crippen LogP contribution in [0.25, 0.3) is 0 Å². The van der Waals surface area contributed by atoms with E-state index < -0.39 is 31.3 Å². The summed E-state index contributed by atoms with van der Waals surface area (Å²) in [6, 6.07) is 0. The van der Waals surface area contributed by atoms with Gasteiger partial charge in [0.25, 0.3) is 0 Å². The summed E-state index contributed by atoms with van der Waals surface area (Å²) < 4.78 is 9.60. The van der Waals surface area contributed by atoms with E-state index in [2.05, 4.69) is 148 Å². The number of aliphatic hydroxyl groups is 1. The van der Waals surface area contributed by atoms with Gasteiger partial charge in [-0.1, -0.05) is 5.92 Å². The van der Waals surface area contributed by atoms with Crippen LogP contribution in [-0.4, -0.2) is 36.4 Å². The van der Waals surface area contributed by atoms with Gasteiger partial charge in [0.15, 0.2) is 6.10 Å². The second-order valence-electron chi connectivity index (χ2n) is 5.08. The molecule has 0 aromatic heterocycles. The molecular weight excluding hydrogens is 496 g/mol. The molecule has 0 radical (unpaired) electrons. The SMILES string of the molecule is C#CC#CC#CC#CC#CC#CC#CC(=O)O[C@@H](CO)COC(=O)C#CC#CC#CC#CC#CC#CC.S.[HH].[HH].[HH].[HH].[HH].[HH].[HH].[HH].[HH].[HH].[HH].[HH].[HH].[HH].[HH].[HH].[HH].[HH].[HH].[HH].[HH].[HH].[HH].[HH]. The number of aliphatic hydroxyl groups excluding tert-OH is 1. The van der Waals surface area contributed by atoms with Crippen LogP contribution in [0.4, 0.5) is 0 Å². The van der Waals surface area contributed by atoms with Crippen molar-refractivity contribution in [3.63, 3.8) is 0 Å². The molecule has 1 N–H and O–H groups in total. The summed E-state index contributed by atoms with van der Waals surface area (Å²) in [6.45, 7) is 0.588. The molecule has 0 fully saturated rings. The highest BCUT2D eigenvalue weighted by atomic mass is 32.1. The first-order chi connectivity index (χ1) is 18.1. The van der Waals surface area contributed by atoms with Crippen molar-refractivity contribution in [1.82, 2.24) is 0 Å². The van der Waals surface area contributed by atoms with Gasteiger partial charge in [0.2, 0.25) is 0 Å². The molecule has 0 aromatic carbocycles. The fourth-order valence-electron chi connectivity index (χ4n) is 1.30. The summed E-state index contributed by atoms with van der Waals surface area (Å²) in [5.41, 5.74) is 0. The first kappa shape index (κ1) is 33.7. The van der Waals surface area contributed by atoms with Gasteiger partial charge in [-0.25, -0.2) is 9.59 Å². The molecule has 0 rings (SSSR count). The summed E-state index contributed by atoms with van der Waals surface area (Å²) in [5.74, 6) is 56.8. The number of hydrogen-bond donors (Lipinski definition) is 1. The maximum Gasteiger partial charge on any atom is 0.385 e. The van der Waals surface area contributed by atoms with Gasteiger partial charge in [0.05, 0.1) is 6.61 Å². The predicted octanol–water partition coefficient (Wildman–Crippen LogP) is 5.14. The van der Waals surface area contributed by atoms with Crippen molar-refractivity contribution in [2.45, 2.75) is 13.0 Å². The Labute approximate surface area is 265 Å². The Balaban J connectivity index is -0.0000000216. The van der Waals surface area contributed by atoms with Crippen molar-refractivity contribution < 1.29 is 58.4 Å². The summed E-state index contributed by atoms with van der Waals surface area (Å²) in [7, 11) is 0. The Morgan fingerprint density at radius 2 is 1.03 bits per heavy atom. The molecule has 0 aliphatic heterocycles. The summed E-state index contributed by atoms with van der Waals surface area (Å²) in [5, 5.41) is 9.24. The Morgan fingerprint density at radius 1 is 0.658 bits per heavy atom. The zero-order valence-electron chi connectivity index (χ0n) is 19.6. The minimum Gasteiger partial charge on any atom is -0.452 e. The van der Waals surface area contributed by atoms with Crippen molar-refractivity contribution in [3.05, 3.63) is 0 Å². The zero-order valence-corrected chi connectivity index (χ0v) is 20.6. The normalized spacial score (nSPS) is 6.34. The van der Waals surface area contributed by atoms with Crippen LogP contribution in [0, 0.1) is 154 Å². The lowest BCUT2D eigenvalue weighted by Crippen LogP contribution is -2.27. The minimum absolute atomic E-state index is 0. The molecular formula is C32H60O5S. The van der Waals surface area contributed by atoms with E-state index in [1.54, 1.807) is 6.92 Å². The van der Waals surface area contributed by atoms with Crippen molar-refractivity contribution >= 4 is 25.4 Å². The first-order valence-corrected chi connectivity index (χ1v) is 9.51. The average Bonchev–Trinajstić information content (AvgIpc) is 2.90. The molecule has 0 bridgehead atoms. The van der Waals surface area contributed by atoms with Crippen molar-refractivity contribution in [3.8, 4) is 154 Å². The van der Waals surface area contributed by atoms with Crippen LogP contribution in [0.5, 0.6) is 0 Å². The van der Waals surface area contributed by atoms with E-state index >= 15 is 0 Å². The summed E-state index contributed by atoms with van der Waals surface area (Å²) in [6.07, 6.45) is 3.76. The summed E-state index contributed by atoms with van der Waals surface area (Å²) in [4.78, 5) is 23.2. The van der Waals surface area contributed by atoms with Gasteiger partial charge in [-0.05, 0) is 137 Å². The Morgan fingerprint density at radius 3 is 1.42 bits per heavy atom. The second-order valence-corrected chi connectivity index (χ2v) is 5.08. The average molecular weight is 557 g/mol. The standard InChI is InChI=1S/C32H10O5.H2S.24H2/c1-3-5-7-9-11-13-15-17-19-21-23-25-27-32(35)37-30(28-33)29-36-31(34)26-24-22-20-18-16-14-12-10-8-6-4-2;;;;;;;;;;;;;;;;;;;;;;;;;/h1,30,33H,28-29H2,2H3;1H2;24*1H/t30-;;;;;;;;;;;;;;;;;;;;;;;;;/m0........................./s1. The van der Waals surface area contributed by atoms with Gasteiger partial charge < -0.3 is 14.6 Å². The minimum atomic E-state index is -1.15. The number of esters is 2. The van der Waals surface area contributed by atoms with Crippen LogP contribution in [0.2, 0.25) is 0 Å². The largest absolute Gasteiger partial charge is 0.452 e. The summed E-state index contributed by atoms with van der Waals surface area (Å²) >= 11 is 0. The van der Waals surface area contributed by atoms with Gasteiger partial charge >= 0.3 is 11.9 Å². The number of carbonyl (C=O) groups is 2. The van der Waals surface area contributed by atoms with Gasteiger partial charge in [-0.2, -0.15) is 13.5 Å². The molecule has 1 atom stereocenters. The van der Waals surface area contributed by atoms with Crippen LogP contribution in [0.3, 0.4) is 0 Å². The van der Waals surface area contributed by atoms with Gasteiger partial charge in [0, 0.05) is 46.1 Å². The van der Waals surface area contributed by atoms with Gasteiger partial charge in [0.1, 0.15) is 6.61 Å². The van der Waals surface area contributed by atoms with E-state index in [0.717, 1.165) is 0 Å². The molecule has 0 saturated heterocycles. The van der Waals surface area contributed by atoms with Crippen LogP contribution < -0.4 is 0 Å². The number of rotatable bonds is 4. The number of hydrogen-bond acceptors (Lipinski definition) is 5. The fraction of sp³-hybridized carbons (Fsp3) is 0.125. The van der Waals surface area contributed by atoms with E-state index in [-0.39, 0.29) is 47.7 Å². The van der Waals surface area contributed by atoms with Crippen LogP contribution in [-0.2, 0) is 19.1 Å². The van der Waals surface area contributed by atoms with E-state index in [1.807, 2.05) is 0 Å².